The summed E-state index contributed by atoms with van der Waals surface area (Å²) in [4.78, 5) is 18.7. The minimum atomic E-state index is -0.914. The van der Waals surface area contributed by atoms with Crippen LogP contribution in [0.3, 0.4) is 0 Å². The molecule has 1 rings (SSSR count). The molecule has 0 bridgehead atoms. The Labute approximate surface area is 75.4 Å². The molecule has 0 aliphatic carbocycles. The number of hydrogen-bond acceptors (Lipinski definition) is 4. The highest BCUT2D eigenvalue weighted by Crippen LogP contribution is 2.17. The highest BCUT2D eigenvalue weighted by Gasteiger charge is 2.12. The molecule has 0 spiro atoms. The number of carbonyl (C=O) groups is 1. The number of aryl methyl sites for hydroxylation is 1. The van der Waals surface area contributed by atoms with Crippen molar-refractivity contribution in [2.45, 2.75) is 6.92 Å². The van der Waals surface area contributed by atoms with Gasteiger partial charge >= 0.3 is 5.97 Å². The number of rotatable bonds is 3. The average molecular weight is 184 g/mol. The van der Waals surface area contributed by atoms with Gasteiger partial charge in [-0.1, -0.05) is 0 Å². The summed E-state index contributed by atoms with van der Waals surface area (Å²) in [5.74, 6) is 0.619. The van der Waals surface area contributed by atoms with Crippen molar-refractivity contribution in [1.82, 2.24) is 9.97 Å². The molecule has 4 N–H and O–H groups in total. The molecule has 1 heterocycles. The fourth-order valence-corrected chi connectivity index (χ4v) is 1.07. The lowest BCUT2D eigenvalue weighted by Gasteiger charge is -2.13. The largest absolute Gasteiger partial charge is 0.480 e. The lowest BCUT2D eigenvalue weighted by Crippen LogP contribution is -2.26. The summed E-state index contributed by atoms with van der Waals surface area (Å²) in [6.07, 6.45) is 0. The number of nitrogens with one attached hydrogen (secondary N) is 1. The van der Waals surface area contributed by atoms with Crippen molar-refractivity contribution in [3.63, 3.8) is 0 Å². The second-order valence-corrected chi connectivity index (χ2v) is 2.81. The van der Waals surface area contributed by atoms with Gasteiger partial charge in [-0.2, -0.15) is 0 Å². The van der Waals surface area contributed by atoms with E-state index in [0.717, 1.165) is 0 Å². The lowest BCUT2D eigenvalue weighted by atomic mass is 10.5. The van der Waals surface area contributed by atoms with Crippen LogP contribution in [0, 0.1) is 6.92 Å². The van der Waals surface area contributed by atoms with Crippen molar-refractivity contribution < 1.29 is 9.90 Å². The van der Waals surface area contributed by atoms with Crippen LogP contribution < -0.4 is 10.6 Å². The number of likely N-dealkylation sites (N-methyl/N-ethyl adjacent to an activating group) is 1. The van der Waals surface area contributed by atoms with Crippen LogP contribution in [0.2, 0.25) is 0 Å². The number of nitrogen functional groups attached to an aromatic ring is 1. The predicted octanol–water partition coefficient (Wildman–Crippen LogP) is -0.179. The summed E-state index contributed by atoms with van der Waals surface area (Å²) in [6.45, 7) is 1.64. The fourth-order valence-electron chi connectivity index (χ4n) is 1.07. The first kappa shape index (κ1) is 9.37. The Bertz CT molecular complexity index is 320. The number of aromatic nitrogens is 2. The molecule has 0 fully saturated rings. The second-order valence-electron chi connectivity index (χ2n) is 2.81. The summed E-state index contributed by atoms with van der Waals surface area (Å²) in [5, 5.41) is 8.52. The number of carboxylic acids is 1. The summed E-state index contributed by atoms with van der Waals surface area (Å²) in [7, 11) is 1.63. The number of imidazole rings is 1. The normalized spacial score (nSPS) is 10.0. The standard InChI is InChI=1S/C7H12N4O2/c1-4-9-6(8)7(10-4)11(2)3-5(12)13/h3,8H2,1-2H3,(H,9,10)(H,12,13). The van der Waals surface area contributed by atoms with Crippen LogP contribution in [0.5, 0.6) is 0 Å². The third-order valence-corrected chi connectivity index (χ3v) is 1.56. The van der Waals surface area contributed by atoms with Gasteiger partial charge < -0.3 is 20.7 Å². The first-order valence-corrected chi connectivity index (χ1v) is 3.75. The molecule has 0 aliphatic rings. The zero-order chi connectivity index (χ0) is 10.0. The Balaban J connectivity index is 2.81. The SMILES string of the molecule is Cc1nc(N(C)CC(=O)O)c(N)[nH]1. The molecular weight excluding hydrogens is 172 g/mol. The Hall–Kier alpha value is -1.72. The summed E-state index contributed by atoms with van der Waals surface area (Å²) < 4.78 is 0. The number of nitrogens with two attached hydrogens (primary N) is 1. The van der Waals surface area contributed by atoms with Gasteiger partial charge in [-0.05, 0) is 6.92 Å². The summed E-state index contributed by atoms with van der Waals surface area (Å²) in [6, 6.07) is 0. The average Bonchev–Trinajstić information content (AvgIpc) is 2.28. The first-order chi connectivity index (χ1) is 6.00. The van der Waals surface area contributed by atoms with Crippen LogP contribution in [0.4, 0.5) is 11.6 Å². The number of hydrogen-bond donors (Lipinski definition) is 3. The minimum absolute atomic E-state index is 0.117. The third-order valence-electron chi connectivity index (χ3n) is 1.56. The maximum atomic E-state index is 10.4. The third kappa shape index (κ3) is 2.11. The number of H-pyrrole nitrogens is 1. The van der Waals surface area contributed by atoms with Gasteiger partial charge in [-0.15, -0.1) is 0 Å². The Morgan fingerprint density at radius 2 is 2.38 bits per heavy atom. The van der Waals surface area contributed by atoms with E-state index in [9.17, 15) is 4.79 Å². The van der Waals surface area contributed by atoms with Crippen LogP contribution in [0.15, 0.2) is 0 Å². The Kier molecular flexibility index (Phi) is 2.41. The maximum absolute atomic E-state index is 10.4. The molecule has 0 atom stereocenters. The van der Waals surface area contributed by atoms with Crippen LogP contribution in [0.1, 0.15) is 5.82 Å². The molecular formula is C7H12N4O2. The van der Waals surface area contributed by atoms with Crippen LogP contribution in [-0.2, 0) is 4.79 Å². The molecule has 72 valence electrons. The molecule has 1 aromatic heterocycles. The van der Waals surface area contributed by atoms with E-state index < -0.39 is 5.97 Å². The quantitative estimate of drug-likeness (QED) is 0.605. The highest BCUT2D eigenvalue weighted by molar-refractivity contribution is 5.74. The van der Waals surface area contributed by atoms with E-state index in [-0.39, 0.29) is 6.54 Å². The van der Waals surface area contributed by atoms with Crippen LogP contribution >= 0.6 is 0 Å². The van der Waals surface area contributed by atoms with Crippen LogP contribution in [-0.4, -0.2) is 34.6 Å². The number of aromatic amines is 1. The molecule has 0 amide bonds. The molecule has 0 radical (unpaired) electrons. The van der Waals surface area contributed by atoms with Crippen molar-refractivity contribution in [1.29, 1.82) is 0 Å². The molecule has 6 heteroatoms. The first-order valence-electron chi connectivity index (χ1n) is 3.75. The van der Waals surface area contributed by atoms with Gasteiger partial charge in [0.05, 0.1) is 0 Å². The number of carboxylic acid groups (broad SMARTS) is 1. The maximum Gasteiger partial charge on any atom is 0.323 e. The lowest BCUT2D eigenvalue weighted by molar-refractivity contribution is -0.135. The van der Waals surface area contributed by atoms with Crippen molar-refractivity contribution in [3.05, 3.63) is 5.82 Å². The van der Waals surface area contributed by atoms with E-state index >= 15 is 0 Å². The van der Waals surface area contributed by atoms with Crippen LogP contribution in [0.25, 0.3) is 0 Å². The molecule has 0 saturated carbocycles. The molecule has 6 nitrogen and oxygen atoms in total. The van der Waals surface area contributed by atoms with Gasteiger partial charge in [0, 0.05) is 7.05 Å². The van der Waals surface area contributed by atoms with E-state index in [4.69, 9.17) is 10.8 Å². The van der Waals surface area contributed by atoms with Crippen molar-refractivity contribution >= 4 is 17.6 Å². The molecule has 0 saturated heterocycles. The van der Waals surface area contributed by atoms with Gasteiger partial charge in [0.2, 0.25) is 0 Å². The Morgan fingerprint density at radius 1 is 1.77 bits per heavy atom. The highest BCUT2D eigenvalue weighted by atomic mass is 16.4. The number of aliphatic carboxylic acids is 1. The predicted molar refractivity (Wildman–Crippen MR) is 48.6 cm³/mol. The zero-order valence-corrected chi connectivity index (χ0v) is 7.53. The van der Waals surface area contributed by atoms with Gasteiger partial charge in [-0.25, -0.2) is 4.98 Å². The summed E-state index contributed by atoms with van der Waals surface area (Å²) in [5.41, 5.74) is 5.57. The monoisotopic (exact) mass is 184 g/mol. The summed E-state index contributed by atoms with van der Waals surface area (Å²) >= 11 is 0. The Morgan fingerprint density at radius 3 is 2.77 bits per heavy atom. The fraction of sp³-hybridized carbons (Fsp3) is 0.429. The number of anilines is 2. The zero-order valence-electron chi connectivity index (χ0n) is 7.53. The second kappa shape index (κ2) is 3.34. The van der Waals surface area contributed by atoms with E-state index in [0.29, 0.717) is 17.5 Å². The molecule has 0 aromatic carbocycles. The van der Waals surface area contributed by atoms with E-state index in [1.807, 2.05) is 0 Å². The minimum Gasteiger partial charge on any atom is -0.480 e. The van der Waals surface area contributed by atoms with E-state index in [1.165, 1.54) is 4.90 Å². The molecule has 1 aromatic rings. The van der Waals surface area contributed by atoms with Crippen molar-refractivity contribution in [2.75, 3.05) is 24.2 Å². The van der Waals surface area contributed by atoms with Gasteiger partial charge in [0.25, 0.3) is 0 Å². The topological polar surface area (TPSA) is 95.2 Å². The van der Waals surface area contributed by atoms with Gasteiger partial charge in [0.1, 0.15) is 18.2 Å². The molecule has 13 heavy (non-hydrogen) atoms. The van der Waals surface area contributed by atoms with Crippen molar-refractivity contribution in [3.8, 4) is 0 Å². The molecule has 0 unspecified atom stereocenters. The van der Waals surface area contributed by atoms with Crippen molar-refractivity contribution in [2.24, 2.45) is 0 Å². The smallest absolute Gasteiger partial charge is 0.323 e. The van der Waals surface area contributed by atoms with E-state index in [1.54, 1.807) is 14.0 Å². The number of nitrogens with zero attached hydrogens (tertiary/aromatic N) is 2. The van der Waals surface area contributed by atoms with E-state index in [2.05, 4.69) is 9.97 Å². The molecule has 0 aliphatic heterocycles. The van der Waals surface area contributed by atoms with Gasteiger partial charge in [0.15, 0.2) is 5.82 Å². The van der Waals surface area contributed by atoms with Gasteiger partial charge in [-0.3, -0.25) is 4.79 Å².